The van der Waals surface area contributed by atoms with Crippen molar-refractivity contribution in [2.75, 3.05) is 14.2 Å². The topological polar surface area (TPSA) is 44.5 Å². The summed E-state index contributed by atoms with van der Waals surface area (Å²) in [4.78, 5) is 0. The highest BCUT2D eigenvalue weighted by Gasteiger charge is 2.23. The van der Waals surface area contributed by atoms with E-state index in [1.165, 1.54) is 20.3 Å². The molecule has 2 N–H and O–H groups in total. The van der Waals surface area contributed by atoms with Crippen LogP contribution in [0.4, 0.5) is 4.39 Å². The third-order valence-electron chi connectivity index (χ3n) is 2.28. The van der Waals surface area contributed by atoms with Crippen LogP contribution in [0.3, 0.4) is 0 Å². The Hall–Kier alpha value is -0.810. The maximum absolute atomic E-state index is 13.9. The second-order valence-electron chi connectivity index (χ2n) is 4.55. The molecule has 0 bridgehead atoms. The molecule has 0 aliphatic rings. The van der Waals surface area contributed by atoms with Gasteiger partial charge in [0.2, 0.25) is 0 Å². The molecule has 0 fully saturated rings. The second kappa shape index (κ2) is 5.23. The van der Waals surface area contributed by atoms with E-state index in [0.717, 1.165) is 0 Å². The Morgan fingerprint density at radius 1 is 1.29 bits per heavy atom. The van der Waals surface area contributed by atoms with Crippen molar-refractivity contribution in [3.8, 4) is 11.5 Å². The first-order valence-electron chi connectivity index (χ1n) is 5.18. The van der Waals surface area contributed by atoms with Gasteiger partial charge >= 0.3 is 0 Å². The van der Waals surface area contributed by atoms with Crippen LogP contribution in [0.25, 0.3) is 0 Å². The van der Waals surface area contributed by atoms with Gasteiger partial charge in [-0.3, -0.25) is 0 Å². The Morgan fingerprint density at radius 3 is 2.24 bits per heavy atom. The highest BCUT2D eigenvalue weighted by atomic mass is 79.9. The lowest BCUT2D eigenvalue weighted by Gasteiger charge is -2.22. The maximum atomic E-state index is 13.9. The van der Waals surface area contributed by atoms with Gasteiger partial charge in [-0.25, -0.2) is 4.39 Å². The van der Waals surface area contributed by atoms with Crippen LogP contribution in [-0.2, 0) is 6.42 Å². The average molecular weight is 306 g/mol. The highest BCUT2D eigenvalue weighted by molar-refractivity contribution is 9.10. The zero-order valence-electron chi connectivity index (χ0n) is 10.4. The van der Waals surface area contributed by atoms with Crippen molar-refractivity contribution in [3.05, 3.63) is 21.9 Å². The number of ether oxygens (including phenoxy) is 2. The predicted molar refractivity (Wildman–Crippen MR) is 69.2 cm³/mol. The van der Waals surface area contributed by atoms with Gasteiger partial charge in [-0.2, -0.15) is 0 Å². The largest absolute Gasteiger partial charge is 0.492 e. The van der Waals surface area contributed by atoms with E-state index in [4.69, 9.17) is 15.2 Å². The molecule has 17 heavy (non-hydrogen) atoms. The van der Waals surface area contributed by atoms with Crippen LogP contribution >= 0.6 is 15.9 Å². The first kappa shape index (κ1) is 14.3. The molecule has 1 rings (SSSR count). The van der Waals surface area contributed by atoms with Crippen molar-refractivity contribution in [1.29, 1.82) is 0 Å². The van der Waals surface area contributed by atoms with Gasteiger partial charge in [-0.15, -0.1) is 0 Å². The van der Waals surface area contributed by atoms with Gasteiger partial charge in [0.05, 0.1) is 18.7 Å². The number of nitrogens with two attached hydrogens (primary N) is 1. The van der Waals surface area contributed by atoms with Crippen molar-refractivity contribution in [2.45, 2.75) is 25.8 Å². The average Bonchev–Trinajstić information content (AvgIpc) is 2.19. The Kier molecular flexibility index (Phi) is 4.38. The minimum Gasteiger partial charge on any atom is -0.492 e. The van der Waals surface area contributed by atoms with E-state index in [-0.39, 0.29) is 5.82 Å². The van der Waals surface area contributed by atoms with Crippen LogP contribution in [0.5, 0.6) is 11.5 Å². The molecular weight excluding hydrogens is 289 g/mol. The summed E-state index contributed by atoms with van der Waals surface area (Å²) in [7, 11) is 2.99. The molecule has 0 atom stereocenters. The molecule has 1 aromatic carbocycles. The van der Waals surface area contributed by atoms with E-state index in [1.807, 2.05) is 13.8 Å². The van der Waals surface area contributed by atoms with Crippen LogP contribution in [0.2, 0.25) is 0 Å². The van der Waals surface area contributed by atoms with Gasteiger partial charge in [0.25, 0.3) is 0 Å². The monoisotopic (exact) mass is 305 g/mol. The van der Waals surface area contributed by atoms with Crippen LogP contribution in [0.1, 0.15) is 19.4 Å². The SMILES string of the molecule is COc1c(Br)cc(F)c(CC(C)(C)N)c1OC. The lowest BCUT2D eigenvalue weighted by Crippen LogP contribution is -2.35. The standard InChI is InChI=1S/C12H17BrFNO2/c1-12(2,15)6-7-9(14)5-8(13)11(17-4)10(7)16-3/h5H,6,15H2,1-4H3. The van der Waals surface area contributed by atoms with Gasteiger partial charge in [-0.05, 0) is 42.3 Å². The Morgan fingerprint density at radius 2 is 1.82 bits per heavy atom. The summed E-state index contributed by atoms with van der Waals surface area (Å²) in [6.07, 6.45) is 0.367. The summed E-state index contributed by atoms with van der Waals surface area (Å²) < 4.78 is 24.9. The van der Waals surface area contributed by atoms with E-state index in [9.17, 15) is 4.39 Å². The lowest BCUT2D eigenvalue weighted by molar-refractivity contribution is 0.342. The molecule has 3 nitrogen and oxygen atoms in total. The van der Waals surface area contributed by atoms with E-state index in [1.54, 1.807) is 0 Å². The maximum Gasteiger partial charge on any atom is 0.175 e. The van der Waals surface area contributed by atoms with Crippen LogP contribution in [0.15, 0.2) is 10.5 Å². The number of rotatable bonds is 4. The summed E-state index contributed by atoms with van der Waals surface area (Å²) in [6.45, 7) is 3.67. The molecular formula is C12H17BrFNO2. The normalized spacial score (nSPS) is 11.5. The quantitative estimate of drug-likeness (QED) is 0.930. The molecule has 96 valence electrons. The summed E-state index contributed by atoms with van der Waals surface area (Å²) >= 11 is 3.24. The van der Waals surface area contributed by atoms with Gasteiger partial charge in [0.15, 0.2) is 11.5 Å². The predicted octanol–water partition coefficient (Wildman–Crippen LogP) is 2.89. The zero-order valence-corrected chi connectivity index (χ0v) is 12.0. The molecule has 0 heterocycles. The Bertz CT molecular complexity index is 416. The third kappa shape index (κ3) is 3.33. The van der Waals surface area contributed by atoms with Crippen LogP contribution in [0, 0.1) is 5.82 Å². The van der Waals surface area contributed by atoms with Gasteiger partial charge in [0, 0.05) is 11.1 Å². The fraction of sp³-hybridized carbons (Fsp3) is 0.500. The summed E-state index contributed by atoms with van der Waals surface area (Å²) in [5.74, 6) is 0.513. The molecule has 0 aliphatic heterocycles. The lowest BCUT2D eigenvalue weighted by atomic mass is 9.95. The number of hydrogen-bond donors (Lipinski definition) is 1. The van der Waals surface area contributed by atoms with Crippen LogP contribution < -0.4 is 15.2 Å². The van der Waals surface area contributed by atoms with E-state index >= 15 is 0 Å². The fourth-order valence-electron chi connectivity index (χ4n) is 1.64. The molecule has 0 saturated carbocycles. The van der Waals surface area contributed by atoms with Gasteiger partial charge in [0.1, 0.15) is 5.82 Å². The molecule has 0 saturated heterocycles. The van der Waals surface area contributed by atoms with Crippen molar-refractivity contribution in [2.24, 2.45) is 5.73 Å². The zero-order chi connectivity index (χ0) is 13.2. The number of methoxy groups -OCH3 is 2. The molecule has 5 heteroatoms. The smallest absolute Gasteiger partial charge is 0.175 e. The Balaban J connectivity index is 3.37. The van der Waals surface area contributed by atoms with Crippen molar-refractivity contribution >= 4 is 15.9 Å². The molecule has 0 amide bonds. The highest BCUT2D eigenvalue weighted by Crippen LogP contribution is 2.40. The van der Waals surface area contributed by atoms with Gasteiger partial charge in [-0.1, -0.05) is 0 Å². The van der Waals surface area contributed by atoms with E-state index in [2.05, 4.69) is 15.9 Å². The van der Waals surface area contributed by atoms with Crippen LogP contribution in [-0.4, -0.2) is 19.8 Å². The van der Waals surface area contributed by atoms with Crippen molar-refractivity contribution in [3.63, 3.8) is 0 Å². The number of benzene rings is 1. The Labute approximate surface area is 109 Å². The molecule has 0 unspecified atom stereocenters. The third-order valence-corrected chi connectivity index (χ3v) is 2.87. The molecule has 0 radical (unpaired) electrons. The summed E-state index contributed by atoms with van der Waals surface area (Å²) in [5.41, 5.74) is 5.82. The van der Waals surface area contributed by atoms with E-state index < -0.39 is 5.54 Å². The first-order chi connectivity index (χ1) is 7.80. The fourth-order valence-corrected chi connectivity index (χ4v) is 2.19. The van der Waals surface area contributed by atoms with Crippen molar-refractivity contribution < 1.29 is 13.9 Å². The second-order valence-corrected chi connectivity index (χ2v) is 5.40. The molecule has 0 aliphatic carbocycles. The minimum absolute atomic E-state index is 0.354. The van der Waals surface area contributed by atoms with Gasteiger partial charge < -0.3 is 15.2 Å². The number of hydrogen-bond acceptors (Lipinski definition) is 3. The molecule has 0 aromatic heterocycles. The molecule has 0 spiro atoms. The van der Waals surface area contributed by atoms with E-state index in [0.29, 0.717) is 28.0 Å². The minimum atomic E-state index is -0.521. The number of halogens is 2. The summed E-state index contributed by atoms with van der Waals surface area (Å²) in [6, 6.07) is 1.36. The molecule has 1 aromatic rings. The summed E-state index contributed by atoms with van der Waals surface area (Å²) in [5, 5.41) is 0. The first-order valence-corrected chi connectivity index (χ1v) is 5.97. The van der Waals surface area contributed by atoms with Crippen molar-refractivity contribution in [1.82, 2.24) is 0 Å².